The van der Waals surface area contributed by atoms with Gasteiger partial charge in [0.15, 0.2) is 0 Å². The average molecular weight is 215 g/mol. The van der Waals surface area contributed by atoms with E-state index < -0.39 is 5.91 Å². The van der Waals surface area contributed by atoms with Crippen molar-refractivity contribution in [3.05, 3.63) is 29.6 Å². The number of benzene rings is 1. The van der Waals surface area contributed by atoms with Crippen LogP contribution in [0.2, 0.25) is 0 Å². The smallest absolute Gasteiger partial charge is 0.248 e. The number of nitrogens with zero attached hydrogens (tertiary/aromatic N) is 1. The third kappa shape index (κ3) is 1.25. The lowest BCUT2D eigenvalue weighted by Gasteiger charge is -2.15. The second kappa shape index (κ2) is 3.10. The molecule has 0 saturated heterocycles. The third-order valence-electron chi connectivity index (χ3n) is 2.58. The minimum atomic E-state index is -0.449. The molecule has 2 aromatic rings. The number of amides is 1. The zero-order valence-corrected chi connectivity index (χ0v) is 8.36. The minimum Gasteiger partial charge on any atom is -0.488 e. The van der Waals surface area contributed by atoms with Crippen molar-refractivity contribution in [2.45, 2.75) is 0 Å². The van der Waals surface area contributed by atoms with Gasteiger partial charge in [-0.1, -0.05) is 0 Å². The number of carbonyl (C=O) groups is 1. The predicted molar refractivity (Wildman–Crippen MR) is 58.8 cm³/mol. The highest BCUT2D eigenvalue weighted by Crippen LogP contribution is 2.29. The first-order valence-electron chi connectivity index (χ1n) is 4.84. The first-order valence-corrected chi connectivity index (χ1v) is 4.84. The average Bonchev–Trinajstić information content (AvgIpc) is 2.71. The molecule has 1 aliphatic rings. The summed E-state index contributed by atoms with van der Waals surface area (Å²) < 4.78 is 5.45. The second-order valence-electron chi connectivity index (χ2n) is 3.63. The molecule has 1 aromatic carbocycles. The number of fused-ring (bicyclic) bond motifs is 2. The molecule has 3 rings (SSSR count). The van der Waals surface area contributed by atoms with Crippen LogP contribution in [-0.2, 0) is 4.79 Å². The topological polar surface area (TPSA) is 81.0 Å². The molecule has 0 saturated carbocycles. The highest BCUT2D eigenvalue weighted by molar-refractivity contribution is 5.98. The van der Waals surface area contributed by atoms with E-state index in [1.807, 2.05) is 12.1 Å². The maximum absolute atomic E-state index is 11.0. The molecule has 1 aliphatic heterocycles. The number of ether oxygens (including phenoxy) is 1. The van der Waals surface area contributed by atoms with Crippen LogP contribution in [0.15, 0.2) is 24.0 Å². The normalized spacial score (nSPS) is 14.1. The molecule has 5 heteroatoms. The molecule has 16 heavy (non-hydrogen) atoms. The number of primary amides is 1. The molecule has 0 unspecified atom stereocenters. The van der Waals surface area contributed by atoms with E-state index in [1.165, 1.54) is 0 Å². The molecule has 0 atom stereocenters. The Bertz CT molecular complexity index is 613. The zero-order valence-electron chi connectivity index (χ0n) is 8.36. The lowest BCUT2D eigenvalue weighted by molar-refractivity contribution is -0.114. The quantitative estimate of drug-likeness (QED) is 0.739. The van der Waals surface area contributed by atoms with Crippen molar-refractivity contribution in [2.24, 2.45) is 5.73 Å². The van der Waals surface area contributed by atoms with Crippen LogP contribution < -0.4 is 10.5 Å². The van der Waals surface area contributed by atoms with Gasteiger partial charge in [-0.15, -0.1) is 0 Å². The largest absolute Gasteiger partial charge is 0.488 e. The molecule has 0 fully saturated rings. The van der Waals surface area contributed by atoms with Crippen molar-refractivity contribution >= 4 is 23.0 Å². The van der Waals surface area contributed by atoms with E-state index in [9.17, 15) is 4.79 Å². The Morgan fingerprint density at radius 3 is 3.19 bits per heavy atom. The Kier molecular flexibility index (Phi) is 1.73. The zero-order chi connectivity index (χ0) is 11.1. The molecule has 5 nitrogen and oxygen atoms in total. The monoisotopic (exact) mass is 215 g/mol. The third-order valence-corrected chi connectivity index (χ3v) is 2.58. The van der Waals surface area contributed by atoms with E-state index in [4.69, 9.17) is 10.5 Å². The van der Waals surface area contributed by atoms with Gasteiger partial charge in [0.05, 0.1) is 22.9 Å². The van der Waals surface area contributed by atoms with Gasteiger partial charge in [0.25, 0.3) is 0 Å². The Balaban J connectivity index is 2.20. The molecule has 1 amide bonds. The summed E-state index contributed by atoms with van der Waals surface area (Å²) in [6, 6.07) is 3.73. The lowest BCUT2D eigenvalue weighted by atomic mass is 10.1. The Hall–Kier alpha value is -2.30. The fraction of sp³-hybridized carbons (Fsp3) is 0.0909. The predicted octanol–water partition coefficient (Wildman–Crippen LogP) is 0.824. The number of carbonyl (C=O) groups excluding carboxylic acids is 1. The van der Waals surface area contributed by atoms with Crippen LogP contribution in [0.1, 0.15) is 5.56 Å². The van der Waals surface area contributed by atoms with Crippen LogP contribution in [0.25, 0.3) is 17.1 Å². The van der Waals surface area contributed by atoms with E-state index in [-0.39, 0.29) is 6.61 Å². The number of hydrogen-bond donors (Lipinski definition) is 2. The van der Waals surface area contributed by atoms with E-state index in [0.717, 1.165) is 22.3 Å². The van der Waals surface area contributed by atoms with Crippen LogP contribution in [0.5, 0.6) is 5.75 Å². The molecule has 0 radical (unpaired) electrons. The summed E-state index contributed by atoms with van der Waals surface area (Å²) in [6.45, 7) is 0.220. The van der Waals surface area contributed by atoms with Crippen molar-refractivity contribution < 1.29 is 9.53 Å². The molecule has 0 bridgehead atoms. The summed E-state index contributed by atoms with van der Waals surface area (Å²) >= 11 is 0. The number of nitrogens with two attached hydrogens (primary N) is 1. The summed E-state index contributed by atoms with van der Waals surface area (Å²) in [7, 11) is 0. The summed E-state index contributed by atoms with van der Waals surface area (Å²) in [4.78, 5) is 18.2. The van der Waals surface area contributed by atoms with Gasteiger partial charge in [-0.05, 0) is 12.1 Å². The Labute approximate surface area is 90.9 Å². The van der Waals surface area contributed by atoms with Crippen molar-refractivity contribution in [3.63, 3.8) is 0 Å². The maximum Gasteiger partial charge on any atom is 0.248 e. The van der Waals surface area contributed by atoms with Crippen molar-refractivity contribution in [1.29, 1.82) is 0 Å². The number of nitrogens with one attached hydrogen (secondary N) is 1. The summed E-state index contributed by atoms with van der Waals surface area (Å²) in [6.07, 6.45) is 3.37. The van der Waals surface area contributed by atoms with Gasteiger partial charge in [-0.25, -0.2) is 4.98 Å². The van der Waals surface area contributed by atoms with Gasteiger partial charge >= 0.3 is 0 Å². The summed E-state index contributed by atoms with van der Waals surface area (Å²) in [5.41, 5.74) is 8.28. The van der Waals surface area contributed by atoms with Gasteiger partial charge in [0, 0.05) is 11.6 Å². The van der Waals surface area contributed by atoms with Gasteiger partial charge in [-0.2, -0.15) is 0 Å². The van der Waals surface area contributed by atoms with Crippen molar-refractivity contribution in [3.8, 4) is 5.75 Å². The number of aromatic nitrogens is 2. The highest BCUT2D eigenvalue weighted by Gasteiger charge is 2.16. The van der Waals surface area contributed by atoms with Crippen molar-refractivity contribution in [1.82, 2.24) is 9.97 Å². The SMILES string of the molecule is NC(=O)C1=Cc2cc3[nH]cnc3cc2OC1. The van der Waals surface area contributed by atoms with Crippen LogP contribution in [0.4, 0.5) is 0 Å². The summed E-state index contributed by atoms with van der Waals surface area (Å²) in [5, 5.41) is 0. The number of aromatic amines is 1. The Morgan fingerprint density at radius 1 is 1.50 bits per heavy atom. The second-order valence-corrected chi connectivity index (χ2v) is 3.63. The summed E-state index contributed by atoms with van der Waals surface area (Å²) in [5.74, 6) is 0.278. The number of hydrogen-bond acceptors (Lipinski definition) is 3. The molecule has 0 spiro atoms. The highest BCUT2D eigenvalue weighted by atomic mass is 16.5. The Morgan fingerprint density at radius 2 is 2.38 bits per heavy atom. The number of imidazole rings is 1. The molecular formula is C11H9N3O2. The first kappa shape index (κ1) is 8.96. The number of H-pyrrole nitrogens is 1. The molecule has 3 N–H and O–H groups in total. The van der Waals surface area contributed by atoms with E-state index >= 15 is 0 Å². The van der Waals surface area contributed by atoms with Crippen LogP contribution >= 0.6 is 0 Å². The standard InChI is InChI=1S/C11H9N3O2/c12-11(15)7-1-6-2-8-9(14-5-13-8)3-10(6)16-4-7/h1-3,5H,4H2,(H2,12,15)(H,13,14). The van der Waals surface area contributed by atoms with Gasteiger partial charge < -0.3 is 15.5 Å². The van der Waals surface area contributed by atoms with E-state index in [2.05, 4.69) is 9.97 Å². The van der Waals surface area contributed by atoms with Crippen molar-refractivity contribution in [2.75, 3.05) is 6.61 Å². The van der Waals surface area contributed by atoms with Gasteiger partial charge in [0.1, 0.15) is 12.4 Å². The van der Waals surface area contributed by atoms with E-state index in [1.54, 1.807) is 12.4 Å². The first-order chi connectivity index (χ1) is 7.74. The lowest BCUT2D eigenvalue weighted by Crippen LogP contribution is -2.21. The molecule has 0 aliphatic carbocycles. The molecular weight excluding hydrogens is 206 g/mol. The van der Waals surface area contributed by atoms with Gasteiger partial charge in [0.2, 0.25) is 5.91 Å². The maximum atomic E-state index is 11.0. The molecule has 1 aromatic heterocycles. The van der Waals surface area contributed by atoms with Crippen LogP contribution in [0.3, 0.4) is 0 Å². The number of rotatable bonds is 1. The van der Waals surface area contributed by atoms with E-state index in [0.29, 0.717) is 5.57 Å². The fourth-order valence-electron chi connectivity index (χ4n) is 1.74. The molecule has 2 heterocycles. The molecule has 80 valence electrons. The minimum absolute atomic E-state index is 0.220. The van der Waals surface area contributed by atoms with Crippen LogP contribution in [-0.4, -0.2) is 22.5 Å². The van der Waals surface area contributed by atoms with Crippen LogP contribution in [0, 0.1) is 0 Å². The fourth-order valence-corrected chi connectivity index (χ4v) is 1.74. The van der Waals surface area contributed by atoms with Gasteiger partial charge in [-0.3, -0.25) is 4.79 Å².